The third-order valence-corrected chi connectivity index (χ3v) is 10.2. The lowest BCUT2D eigenvalue weighted by Crippen LogP contribution is -2.46. The number of nitrogens with zero attached hydrogens (tertiary/aromatic N) is 5. The van der Waals surface area contributed by atoms with Crippen LogP contribution in [0, 0.1) is 11.2 Å². The molecule has 1 amide bonds. The fourth-order valence-corrected chi connectivity index (χ4v) is 7.47. The summed E-state index contributed by atoms with van der Waals surface area (Å²) in [5, 5.41) is 18.0. The van der Waals surface area contributed by atoms with Crippen LogP contribution in [-0.2, 0) is 4.74 Å². The third kappa shape index (κ3) is 7.87. The van der Waals surface area contributed by atoms with Gasteiger partial charge in [0.25, 0.3) is 0 Å². The molecule has 49 heavy (non-hydrogen) atoms. The van der Waals surface area contributed by atoms with Crippen LogP contribution >= 0.6 is 11.6 Å². The highest BCUT2D eigenvalue weighted by atomic mass is 35.5. The van der Waals surface area contributed by atoms with Crippen LogP contribution in [0.15, 0.2) is 18.3 Å². The maximum atomic E-state index is 17.0. The van der Waals surface area contributed by atoms with Gasteiger partial charge >= 0.3 is 12.1 Å². The van der Waals surface area contributed by atoms with E-state index >= 15 is 4.39 Å². The van der Waals surface area contributed by atoms with Crippen molar-refractivity contribution in [2.45, 2.75) is 83.3 Å². The molecule has 4 heterocycles. The minimum atomic E-state index is -0.915. The van der Waals surface area contributed by atoms with E-state index in [0.29, 0.717) is 53.6 Å². The number of aromatic nitrogens is 3. The average Bonchev–Trinajstić information content (AvgIpc) is 3.97. The normalized spacial score (nSPS) is 22.6. The second-order valence-corrected chi connectivity index (χ2v) is 16.1. The molecule has 2 aliphatic heterocycles. The van der Waals surface area contributed by atoms with Crippen molar-refractivity contribution < 1.29 is 23.8 Å². The summed E-state index contributed by atoms with van der Waals surface area (Å²) in [6, 6.07) is 3.48. The van der Waals surface area contributed by atoms with Crippen molar-refractivity contribution >= 4 is 40.1 Å². The Morgan fingerprint density at radius 2 is 1.92 bits per heavy atom. The van der Waals surface area contributed by atoms with E-state index < -0.39 is 23.1 Å². The van der Waals surface area contributed by atoms with Crippen molar-refractivity contribution in [1.82, 2.24) is 25.2 Å². The summed E-state index contributed by atoms with van der Waals surface area (Å²) in [7, 11) is 0. The number of β-amino-alcohol motifs (C(OH)–C–C–N with tert-alkyl or cyclic N) is 1. The highest BCUT2D eigenvalue weighted by Crippen LogP contribution is 2.50. The minimum absolute atomic E-state index is 0.0318. The molecule has 0 radical (unpaired) electrons. The Hall–Kier alpha value is -3.32. The summed E-state index contributed by atoms with van der Waals surface area (Å²) >= 11 is 6.82. The number of carbonyl (C=O) groups excluding carboxylic acids is 1. The monoisotopic (exact) mass is 695 g/mol. The van der Waals surface area contributed by atoms with Crippen molar-refractivity contribution in [3.05, 3.63) is 34.7 Å². The highest BCUT2D eigenvalue weighted by Gasteiger charge is 2.45. The fraction of sp³-hybridized carbons (Fsp3) is 0.611. The largest absolute Gasteiger partial charge is 0.463 e. The smallest absolute Gasteiger partial charge is 0.412 e. The maximum Gasteiger partial charge on any atom is 0.412 e. The number of aliphatic hydroxyl groups is 1. The van der Waals surface area contributed by atoms with Crippen LogP contribution in [-0.4, -0.2) is 94.7 Å². The van der Waals surface area contributed by atoms with Gasteiger partial charge in [-0.25, -0.2) is 9.18 Å². The minimum Gasteiger partial charge on any atom is -0.463 e. The van der Waals surface area contributed by atoms with Gasteiger partial charge in [0.05, 0.1) is 17.6 Å². The number of carbonyl (C=O) groups is 1. The molecule has 7 rings (SSSR count). The number of ether oxygens (including phenoxy) is 2. The van der Waals surface area contributed by atoms with E-state index in [1.54, 1.807) is 39.1 Å². The standard InChI is InChI=1S/C36H47ClFN7O4/c1-34(2,3)49-33(46)41-23-16-24(27(22-6-7-22)26(37)17-23)29-28(38)30-25(18-40-29)31(45-13-5-8-35(4,47)19-45)43-32(42-30)48-21-36(9-10-36)20-44-14-11-39-12-15-44/h16-18,22,39,47H,5-15,19-21H2,1-4H3,(H,41,46)/t35-/m1/s1. The van der Waals surface area contributed by atoms with E-state index in [2.05, 4.69) is 25.5 Å². The van der Waals surface area contributed by atoms with E-state index in [4.69, 9.17) is 26.1 Å². The number of pyridine rings is 1. The average molecular weight is 696 g/mol. The van der Waals surface area contributed by atoms with Crippen LogP contribution in [0.1, 0.15) is 77.7 Å². The Kier molecular flexibility index (Phi) is 9.13. The van der Waals surface area contributed by atoms with Gasteiger partial charge in [0.15, 0.2) is 5.82 Å². The van der Waals surface area contributed by atoms with E-state index in [0.717, 1.165) is 70.4 Å². The molecule has 0 unspecified atom stereocenters. The number of hydrogen-bond donors (Lipinski definition) is 3. The SMILES string of the molecule is CC(C)(C)OC(=O)Nc1cc(Cl)c(C2CC2)c(-c2ncc3c(N4CCC[C@@](C)(O)C4)nc(OCC4(CN5CCNCC5)CC4)nc3c2F)c1. The van der Waals surface area contributed by atoms with Crippen molar-refractivity contribution in [1.29, 1.82) is 0 Å². The van der Waals surface area contributed by atoms with Gasteiger partial charge < -0.3 is 29.7 Å². The first-order chi connectivity index (χ1) is 23.3. The first kappa shape index (κ1) is 34.1. The first-order valence-electron chi connectivity index (χ1n) is 17.5. The number of piperidine rings is 1. The molecule has 4 fully saturated rings. The molecule has 264 valence electrons. The summed E-state index contributed by atoms with van der Waals surface area (Å²) in [4.78, 5) is 31.3. The van der Waals surface area contributed by atoms with E-state index in [-0.39, 0.29) is 28.6 Å². The van der Waals surface area contributed by atoms with Crippen molar-refractivity contribution in [3.8, 4) is 17.3 Å². The lowest BCUT2D eigenvalue weighted by atomic mass is 9.95. The number of nitrogens with one attached hydrogen (secondary N) is 2. The molecule has 3 N–H and O–H groups in total. The van der Waals surface area contributed by atoms with Gasteiger partial charge in [-0.05, 0) is 89.8 Å². The van der Waals surface area contributed by atoms with Gasteiger partial charge in [-0.2, -0.15) is 9.97 Å². The number of fused-ring (bicyclic) bond motifs is 1. The van der Waals surface area contributed by atoms with Crippen LogP contribution < -0.4 is 20.3 Å². The molecule has 13 heteroatoms. The zero-order valence-electron chi connectivity index (χ0n) is 28.9. The number of rotatable bonds is 9. The third-order valence-electron chi connectivity index (χ3n) is 9.87. The van der Waals surface area contributed by atoms with Crippen LogP contribution in [0.2, 0.25) is 5.02 Å². The Morgan fingerprint density at radius 1 is 1.16 bits per heavy atom. The molecule has 0 bridgehead atoms. The lowest BCUT2D eigenvalue weighted by Gasteiger charge is -2.38. The van der Waals surface area contributed by atoms with E-state index in [9.17, 15) is 9.90 Å². The summed E-state index contributed by atoms with van der Waals surface area (Å²) in [5.41, 5.74) is 0.265. The molecule has 2 aromatic heterocycles. The molecule has 1 atom stereocenters. The van der Waals surface area contributed by atoms with Crippen molar-refractivity contribution in [2.24, 2.45) is 5.41 Å². The quantitative estimate of drug-likeness (QED) is 0.241. The zero-order chi connectivity index (χ0) is 34.6. The van der Waals surface area contributed by atoms with Gasteiger partial charge in [-0.15, -0.1) is 0 Å². The van der Waals surface area contributed by atoms with Gasteiger partial charge in [0.2, 0.25) is 0 Å². The number of anilines is 2. The van der Waals surface area contributed by atoms with Crippen LogP contribution in [0.4, 0.5) is 20.7 Å². The second kappa shape index (κ2) is 13.1. The van der Waals surface area contributed by atoms with Gasteiger partial charge in [-0.1, -0.05) is 11.6 Å². The van der Waals surface area contributed by atoms with E-state index in [1.807, 2.05) is 11.8 Å². The van der Waals surface area contributed by atoms with Gasteiger partial charge in [0, 0.05) is 73.7 Å². The Balaban J connectivity index is 1.27. The number of benzene rings is 1. The number of hydrogen-bond acceptors (Lipinski definition) is 10. The summed E-state index contributed by atoms with van der Waals surface area (Å²) in [5.74, 6) is 0.0330. The first-order valence-corrected chi connectivity index (χ1v) is 17.9. The number of amides is 1. The fourth-order valence-electron chi connectivity index (χ4n) is 7.10. The number of halogens is 2. The zero-order valence-corrected chi connectivity index (χ0v) is 29.6. The predicted molar refractivity (Wildman–Crippen MR) is 188 cm³/mol. The highest BCUT2D eigenvalue weighted by molar-refractivity contribution is 6.32. The Morgan fingerprint density at radius 3 is 2.59 bits per heavy atom. The van der Waals surface area contributed by atoms with Crippen molar-refractivity contribution in [2.75, 3.05) is 62.6 Å². The molecular formula is C36H47ClFN7O4. The Labute approximate surface area is 291 Å². The van der Waals surface area contributed by atoms with Gasteiger partial charge in [-0.3, -0.25) is 10.3 Å². The maximum absolute atomic E-state index is 17.0. The summed E-state index contributed by atoms with van der Waals surface area (Å²) in [6.07, 6.45) is 6.37. The molecule has 2 aliphatic carbocycles. The molecule has 0 spiro atoms. The molecule has 4 aliphatic rings. The number of piperazine rings is 1. The summed E-state index contributed by atoms with van der Waals surface area (Å²) in [6.45, 7) is 13.5. The molecule has 11 nitrogen and oxygen atoms in total. The second-order valence-electron chi connectivity index (χ2n) is 15.7. The molecule has 3 aromatic rings. The van der Waals surface area contributed by atoms with Crippen LogP contribution in [0.5, 0.6) is 6.01 Å². The van der Waals surface area contributed by atoms with E-state index in [1.165, 1.54) is 0 Å². The molecule has 2 saturated heterocycles. The summed E-state index contributed by atoms with van der Waals surface area (Å²) < 4.78 is 28.8. The van der Waals surface area contributed by atoms with Crippen LogP contribution in [0.3, 0.4) is 0 Å². The Bertz CT molecular complexity index is 1730. The molecular weight excluding hydrogens is 649 g/mol. The van der Waals surface area contributed by atoms with Crippen molar-refractivity contribution in [3.63, 3.8) is 0 Å². The lowest BCUT2D eigenvalue weighted by molar-refractivity contribution is 0.0447. The van der Waals surface area contributed by atoms with Crippen LogP contribution in [0.25, 0.3) is 22.2 Å². The predicted octanol–water partition coefficient (Wildman–Crippen LogP) is 6.12. The molecule has 1 aromatic carbocycles. The topological polar surface area (TPSA) is 125 Å². The molecule has 2 saturated carbocycles. The van der Waals surface area contributed by atoms with Gasteiger partial charge in [0.1, 0.15) is 22.6 Å².